The van der Waals surface area contributed by atoms with Crippen molar-refractivity contribution in [2.45, 2.75) is 122 Å². The van der Waals surface area contributed by atoms with Gasteiger partial charge in [0.1, 0.15) is 30.0 Å². The zero-order chi connectivity index (χ0) is 34.7. The van der Waals surface area contributed by atoms with Crippen LogP contribution in [0.3, 0.4) is 0 Å². The molecule has 48 heavy (non-hydrogen) atoms. The van der Waals surface area contributed by atoms with Crippen LogP contribution in [0, 0.1) is 0 Å². The molecular weight excluding hydrogens is 635 g/mol. The van der Waals surface area contributed by atoms with Gasteiger partial charge in [-0.05, 0) is 57.4 Å². The highest BCUT2D eigenvalue weighted by molar-refractivity contribution is 7.17. The summed E-state index contributed by atoms with van der Waals surface area (Å²) in [5.41, 5.74) is 2.25. The summed E-state index contributed by atoms with van der Waals surface area (Å²) in [6, 6.07) is 6.89. The molecule has 2 aromatic rings. The number of benzene rings is 1. The highest BCUT2D eigenvalue weighted by Gasteiger charge is 2.33. The van der Waals surface area contributed by atoms with E-state index in [2.05, 4.69) is 54.7 Å². The highest BCUT2D eigenvalue weighted by Crippen LogP contribution is 2.13. The van der Waals surface area contributed by atoms with Gasteiger partial charge in [-0.1, -0.05) is 49.6 Å². The Morgan fingerprint density at radius 3 is 2.46 bits per heavy atom. The number of hydrogen-bond donors (Lipinski definition) is 5. The fraction of sp³-hybridized carbons (Fsp3) is 0.618. The van der Waals surface area contributed by atoms with Crippen LogP contribution in [0.1, 0.15) is 82.9 Å². The zero-order valence-electron chi connectivity index (χ0n) is 28.2. The van der Waals surface area contributed by atoms with Crippen LogP contribution in [-0.4, -0.2) is 70.7 Å². The van der Waals surface area contributed by atoms with Crippen LogP contribution in [0.2, 0.25) is 0 Å². The number of fused-ring (bicyclic) bond motifs is 2. The van der Waals surface area contributed by atoms with Crippen LogP contribution in [-0.2, 0) is 54.2 Å². The number of aromatic nitrogens is 2. The van der Waals surface area contributed by atoms with Crippen molar-refractivity contribution >= 4 is 32.3 Å². The Bertz CT molecular complexity index is 1320. The fourth-order valence-electron chi connectivity index (χ4n) is 5.84. The lowest BCUT2D eigenvalue weighted by molar-refractivity contribution is -0.697. The lowest BCUT2D eigenvalue weighted by atomic mass is 10.0. The third-order valence-electron chi connectivity index (χ3n) is 8.50. The van der Waals surface area contributed by atoms with Crippen LogP contribution >= 0.6 is 8.69 Å². The lowest BCUT2D eigenvalue weighted by Gasteiger charge is -2.26. The predicted octanol–water partition coefficient (Wildman–Crippen LogP) is 2.28. The second-order valence-electron chi connectivity index (χ2n) is 12.4. The molecule has 0 unspecified atom stereocenters. The number of unbranched alkanes of at least 4 members (excludes halogenated alkanes) is 5. The molecular formula is C34H52N6O7P+. The van der Waals surface area contributed by atoms with Gasteiger partial charge in [-0.2, -0.15) is 0 Å². The summed E-state index contributed by atoms with van der Waals surface area (Å²) in [6.07, 6.45) is 13.5. The van der Waals surface area contributed by atoms with Crippen molar-refractivity contribution in [3.8, 4) is 0 Å². The number of aryl methyl sites for hydroxylation is 3. The molecule has 1 aliphatic heterocycles. The predicted molar refractivity (Wildman–Crippen MR) is 180 cm³/mol. The molecule has 1 aromatic heterocycles. The minimum Gasteiger partial charge on any atom is -0.394 e. The van der Waals surface area contributed by atoms with Crippen LogP contribution in [0.15, 0.2) is 42.9 Å². The summed E-state index contributed by atoms with van der Waals surface area (Å²) in [4.78, 5) is 51.7. The Morgan fingerprint density at radius 2 is 1.75 bits per heavy atom. The van der Waals surface area contributed by atoms with Crippen LogP contribution in [0.5, 0.6) is 0 Å². The van der Waals surface area contributed by atoms with E-state index in [1.165, 1.54) is 38.7 Å². The number of amides is 4. The first-order valence-corrected chi connectivity index (χ1v) is 17.8. The fourth-order valence-corrected chi connectivity index (χ4v) is 6.09. The SMILES string of the molecule is CC(=O)N[C@H]1Cc2c[n+](cn2CCCCCCCCc2ccccc2)CCCCCNC(=O)[C@H]([C@@H](C)OP=O)NC(=O)[C@H](CO)NC1=O. The Labute approximate surface area is 284 Å². The van der Waals surface area contributed by atoms with E-state index in [9.17, 15) is 28.8 Å². The van der Waals surface area contributed by atoms with Gasteiger partial charge in [-0.15, -0.1) is 0 Å². The molecule has 4 atom stereocenters. The minimum atomic E-state index is -1.41. The molecule has 0 fully saturated rings. The van der Waals surface area contributed by atoms with Crippen molar-refractivity contribution in [2.24, 2.45) is 0 Å². The van der Waals surface area contributed by atoms with Gasteiger partial charge in [0.15, 0.2) is 0 Å². The maximum absolute atomic E-state index is 13.5. The van der Waals surface area contributed by atoms with E-state index in [1.54, 1.807) is 0 Å². The van der Waals surface area contributed by atoms with Gasteiger partial charge in [0.05, 0.1) is 25.8 Å². The Kier molecular flexibility index (Phi) is 17.2. The van der Waals surface area contributed by atoms with Crippen LogP contribution < -0.4 is 25.8 Å². The summed E-state index contributed by atoms with van der Waals surface area (Å²) in [6.45, 7) is 3.91. The maximum Gasteiger partial charge on any atom is 0.327 e. The molecule has 2 heterocycles. The van der Waals surface area contributed by atoms with E-state index in [1.807, 2.05) is 18.6 Å². The van der Waals surface area contributed by atoms with Crippen LogP contribution in [0.25, 0.3) is 0 Å². The van der Waals surface area contributed by atoms with Crippen molar-refractivity contribution in [1.82, 2.24) is 25.8 Å². The minimum absolute atomic E-state index is 0.177. The number of carbonyl (C=O) groups excluding carboxylic acids is 4. The van der Waals surface area contributed by atoms with E-state index >= 15 is 0 Å². The number of carbonyl (C=O) groups is 4. The summed E-state index contributed by atoms with van der Waals surface area (Å²) < 4.78 is 20.3. The van der Waals surface area contributed by atoms with E-state index in [-0.39, 0.29) is 6.42 Å². The average Bonchev–Trinajstić information content (AvgIpc) is 3.45. The molecule has 0 spiro atoms. The third-order valence-corrected chi connectivity index (χ3v) is 8.92. The normalized spacial score (nSPS) is 20.6. The Hall–Kier alpha value is -3.67. The molecule has 0 saturated heterocycles. The van der Waals surface area contributed by atoms with E-state index in [0.29, 0.717) is 13.0 Å². The summed E-state index contributed by atoms with van der Waals surface area (Å²) >= 11 is 0. The Morgan fingerprint density at radius 1 is 1.02 bits per heavy atom. The quantitative estimate of drug-likeness (QED) is 0.115. The molecule has 4 amide bonds. The third kappa shape index (κ3) is 13.4. The molecule has 0 aliphatic carbocycles. The zero-order valence-corrected chi connectivity index (χ0v) is 29.1. The summed E-state index contributed by atoms with van der Waals surface area (Å²) in [5.74, 6) is -2.44. The number of aliphatic hydroxyl groups excluding tert-OH is 1. The summed E-state index contributed by atoms with van der Waals surface area (Å²) in [7, 11) is -0.665. The highest BCUT2D eigenvalue weighted by atomic mass is 31.1. The average molecular weight is 688 g/mol. The number of hydrogen-bond acceptors (Lipinski definition) is 7. The molecule has 5 N–H and O–H groups in total. The maximum atomic E-state index is 13.5. The molecule has 3 rings (SSSR count). The van der Waals surface area contributed by atoms with Crippen molar-refractivity contribution in [2.75, 3.05) is 13.2 Å². The second kappa shape index (κ2) is 21.3. The van der Waals surface area contributed by atoms with Crippen molar-refractivity contribution < 1.29 is 37.9 Å². The molecule has 2 bridgehead atoms. The first kappa shape index (κ1) is 38.8. The molecule has 0 saturated carbocycles. The number of nitrogens with one attached hydrogen (secondary N) is 4. The van der Waals surface area contributed by atoms with Gasteiger partial charge in [-0.3, -0.25) is 23.7 Å². The molecule has 1 aromatic carbocycles. The standard InChI is InChI=1S/C34H51N6O7P/c1-25(47-48-46)31-34(45)35-18-12-8-13-19-39-22-28(21-29(36-26(2)42)32(43)37-30(23-41)33(44)38-31)40(24-39)20-14-6-4-3-5-9-15-27-16-10-7-11-17-27/h7,10-11,16-17,22,24-25,29-31,41H,3-6,8-9,12-15,18-21,23H2,1-2H3,(H3-,35,36,37,38,42,43,44,45)/p+1/t25-,29+,30+,31+/m1/s1. The largest absolute Gasteiger partial charge is 0.394 e. The Balaban J connectivity index is 1.69. The second-order valence-corrected chi connectivity index (χ2v) is 12.8. The monoisotopic (exact) mass is 687 g/mol. The number of nitrogens with zero attached hydrogens (tertiary/aromatic N) is 2. The van der Waals surface area contributed by atoms with Gasteiger partial charge >= 0.3 is 8.69 Å². The number of rotatable bonds is 14. The lowest BCUT2D eigenvalue weighted by Crippen LogP contribution is -2.60. The molecule has 14 heteroatoms. The number of aliphatic hydroxyl groups is 1. The van der Waals surface area contributed by atoms with Gasteiger partial charge in [-0.25, -0.2) is 13.7 Å². The van der Waals surface area contributed by atoms with Crippen molar-refractivity contribution in [3.05, 3.63) is 54.1 Å². The molecule has 264 valence electrons. The molecule has 0 radical (unpaired) electrons. The van der Waals surface area contributed by atoms with Crippen LogP contribution in [0.4, 0.5) is 0 Å². The first-order chi connectivity index (χ1) is 23.2. The van der Waals surface area contributed by atoms with E-state index in [4.69, 9.17) is 4.52 Å². The van der Waals surface area contributed by atoms with Gasteiger partial charge in [0.25, 0.3) is 0 Å². The van der Waals surface area contributed by atoms with Gasteiger partial charge < -0.3 is 26.4 Å². The molecule has 13 nitrogen and oxygen atoms in total. The topological polar surface area (TPSA) is 172 Å². The van der Waals surface area contributed by atoms with E-state index in [0.717, 1.165) is 57.3 Å². The summed E-state index contributed by atoms with van der Waals surface area (Å²) in [5, 5.41) is 20.5. The van der Waals surface area contributed by atoms with Crippen molar-refractivity contribution in [1.29, 1.82) is 0 Å². The van der Waals surface area contributed by atoms with Gasteiger partial charge in [0.2, 0.25) is 30.0 Å². The smallest absolute Gasteiger partial charge is 0.327 e. The molecule has 1 aliphatic rings. The number of imidazole rings is 1. The first-order valence-electron chi connectivity index (χ1n) is 17.1. The van der Waals surface area contributed by atoms with Crippen molar-refractivity contribution in [3.63, 3.8) is 0 Å². The van der Waals surface area contributed by atoms with Gasteiger partial charge in [0, 0.05) is 19.9 Å². The van der Waals surface area contributed by atoms with E-state index < -0.39 is 63.2 Å².